The highest BCUT2D eigenvalue weighted by Crippen LogP contribution is 2.23. The van der Waals surface area contributed by atoms with Crippen LogP contribution in [0.2, 0.25) is 0 Å². The fraction of sp³-hybridized carbons (Fsp3) is 0.133. The van der Waals surface area contributed by atoms with E-state index < -0.39 is 0 Å². The van der Waals surface area contributed by atoms with E-state index in [0.29, 0.717) is 0 Å². The molecular formula is C15H15FN2S. The van der Waals surface area contributed by atoms with Gasteiger partial charge in [-0.05, 0) is 36.4 Å². The zero-order valence-electron chi connectivity index (χ0n) is 10.9. The standard InChI is InChI=1S/C15H15FN2S/c1-18(2)15(17-13-6-4-3-5-7-13)19-14-10-8-12(16)9-11-14/h3-11H,1-2H3. The lowest BCUT2D eigenvalue weighted by atomic mass is 10.3. The molecule has 0 aliphatic rings. The minimum atomic E-state index is -0.226. The lowest BCUT2D eigenvalue weighted by molar-refractivity contribution is 0.626. The molecule has 98 valence electrons. The van der Waals surface area contributed by atoms with Crippen molar-refractivity contribution in [2.45, 2.75) is 4.90 Å². The molecule has 0 aromatic heterocycles. The van der Waals surface area contributed by atoms with Crippen molar-refractivity contribution in [1.29, 1.82) is 0 Å². The Bertz CT molecular complexity index is 550. The van der Waals surface area contributed by atoms with Crippen LogP contribution in [0.4, 0.5) is 10.1 Å². The summed E-state index contributed by atoms with van der Waals surface area (Å²) in [6, 6.07) is 16.2. The number of benzene rings is 2. The summed E-state index contributed by atoms with van der Waals surface area (Å²) in [7, 11) is 3.89. The molecule has 0 aliphatic carbocycles. The number of nitrogens with zero attached hydrogens (tertiary/aromatic N) is 2. The summed E-state index contributed by atoms with van der Waals surface area (Å²) < 4.78 is 12.9. The zero-order valence-corrected chi connectivity index (χ0v) is 11.7. The second-order valence-corrected chi connectivity index (χ2v) is 5.22. The van der Waals surface area contributed by atoms with Crippen molar-refractivity contribution in [2.24, 2.45) is 4.99 Å². The molecule has 0 N–H and O–H groups in total. The predicted octanol–water partition coefficient (Wildman–Crippen LogP) is 4.17. The van der Waals surface area contributed by atoms with Crippen molar-refractivity contribution in [1.82, 2.24) is 4.90 Å². The highest BCUT2D eigenvalue weighted by Gasteiger charge is 2.05. The van der Waals surface area contributed by atoms with Crippen LogP contribution in [0.3, 0.4) is 0 Å². The Labute approximate surface area is 117 Å². The molecule has 2 nitrogen and oxygen atoms in total. The van der Waals surface area contributed by atoms with E-state index in [4.69, 9.17) is 0 Å². The molecule has 0 bridgehead atoms. The predicted molar refractivity (Wildman–Crippen MR) is 79.5 cm³/mol. The van der Waals surface area contributed by atoms with Gasteiger partial charge in [0.05, 0.1) is 5.69 Å². The first kappa shape index (κ1) is 13.6. The minimum Gasteiger partial charge on any atom is -0.357 e. The Morgan fingerprint density at radius 3 is 2.21 bits per heavy atom. The topological polar surface area (TPSA) is 15.6 Å². The fourth-order valence-electron chi connectivity index (χ4n) is 1.44. The summed E-state index contributed by atoms with van der Waals surface area (Å²) in [4.78, 5) is 7.50. The van der Waals surface area contributed by atoms with E-state index in [0.717, 1.165) is 15.8 Å². The van der Waals surface area contributed by atoms with Crippen LogP contribution in [0.1, 0.15) is 0 Å². The molecule has 2 aromatic carbocycles. The summed E-state index contributed by atoms with van der Waals surface area (Å²) in [5.74, 6) is -0.226. The minimum absolute atomic E-state index is 0.226. The van der Waals surface area contributed by atoms with Gasteiger partial charge in [0.1, 0.15) is 5.82 Å². The summed E-state index contributed by atoms with van der Waals surface area (Å²) >= 11 is 1.51. The molecule has 19 heavy (non-hydrogen) atoms. The van der Waals surface area contributed by atoms with Crippen LogP contribution in [0.15, 0.2) is 64.5 Å². The number of hydrogen-bond donors (Lipinski definition) is 0. The Hall–Kier alpha value is -1.81. The highest BCUT2D eigenvalue weighted by molar-refractivity contribution is 8.13. The lowest BCUT2D eigenvalue weighted by Gasteiger charge is -2.15. The number of aliphatic imine (C=N–C) groups is 1. The van der Waals surface area contributed by atoms with Crippen LogP contribution in [0, 0.1) is 5.82 Å². The van der Waals surface area contributed by atoms with Gasteiger partial charge in [0, 0.05) is 19.0 Å². The van der Waals surface area contributed by atoms with Crippen LogP contribution in [-0.2, 0) is 0 Å². The molecule has 0 heterocycles. The van der Waals surface area contributed by atoms with Crippen molar-refractivity contribution < 1.29 is 4.39 Å². The number of hydrogen-bond acceptors (Lipinski definition) is 2. The van der Waals surface area contributed by atoms with Crippen LogP contribution in [0.5, 0.6) is 0 Å². The van der Waals surface area contributed by atoms with Gasteiger partial charge in [-0.1, -0.05) is 30.0 Å². The third-order valence-corrected chi connectivity index (χ3v) is 3.53. The van der Waals surface area contributed by atoms with Gasteiger partial charge in [0.15, 0.2) is 5.17 Å². The zero-order chi connectivity index (χ0) is 13.7. The summed E-state index contributed by atoms with van der Waals surface area (Å²) in [5, 5.41) is 0.859. The molecule has 4 heteroatoms. The average molecular weight is 274 g/mol. The third-order valence-electron chi connectivity index (χ3n) is 2.39. The average Bonchev–Trinajstić information content (AvgIpc) is 2.41. The Morgan fingerprint density at radius 1 is 1.00 bits per heavy atom. The van der Waals surface area contributed by atoms with Gasteiger partial charge < -0.3 is 4.90 Å². The first-order valence-electron chi connectivity index (χ1n) is 5.89. The molecule has 2 aromatic rings. The van der Waals surface area contributed by atoms with Gasteiger partial charge in [-0.3, -0.25) is 0 Å². The molecule has 0 saturated carbocycles. The Kier molecular flexibility index (Phi) is 4.58. The SMILES string of the molecule is CN(C)C(=Nc1ccccc1)Sc1ccc(F)cc1. The van der Waals surface area contributed by atoms with Gasteiger partial charge >= 0.3 is 0 Å². The maximum Gasteiger partial charge on any atom is 0.168 e. The van der Waals surface area contributed by atoms with Gasteiger partial charge in [-0.15, -0.1) is 0 Å². The molecule has 0 amide bonds. The lowest BCUT2D eigenvalue weighted by Crippen LogP contribution is -2.18. The number of halogens is 1. The quantitative estimate of drug-likeness (QED) is 0.464. The fourth-order valence-corrected chi connectivity index (χ4v) is 2.25. The normalized spacial score (nSPS) is 11.4. The Morgan fingerprint density at radius 2 is 1.63 bits per heavy atom. The van der Waals surface area contributed by atoms with Crippen molar-refractivity contribution in [3.8, 4) is 0 Å². The van der Waals surface area contributed by atoms with Gasteiger partial charge in [0.25, 0.3) is 0 Å². The van der Waals surface area contributed by atoms with Gasteiger partial charge in [-0.25, -0.2) is 9.38 Å². The summed E-state index contributed by atoms with van der Waals surface area (Å²) in [6.45, 7) is 0. The first-order chi connectivity index (χ1) is 9.15. The van der Waals surface area contributed by atoms with E-state index in [1.165, 1.54) is 23.9 Å². The maximum atomic E-state index is 12.9. The van der Waals surface area contributed by atoms with Crippen molar-refractivity contribution in [3.63, 3.8) is 0 Å². The second-order valence-electron chi connectivity index (χ2n) is 4.18. The second kappa shape index (κ2) is 6.38. The molecular weight excluding hydrogens is 259 g/mol. The van der Waals surface area contributed by atoms with Crippen LogP contribution >= 0.6 is 11.8 Å². The van der Waals surface area contributed by atoms with Gasteiger partial charge in [0.2, 0.25) is 0 Å². The number of amidine groups is 1. The van der Waals surface area contributed by atoms with Crippen LogP contribution in [0.25, 0.3) is 0 Å². The highest BCUT2D eigenvalue weighted by atomic mass is 32.2. The first-order valence-corrected chi connectivity index (χ1v) is 6.71. The van der Waals surface area contributed by atoms with Crippen LogP contribution in [-0.4, -0.2) is 24.2 Å². The van der Waals surface area contributed by atoms with Gasteiger partial charge in [-0.2, -0.15) is 0 Å². The summed E-state index contributed by atoms with van der Waals surface area (Å²) in [6.07, 6.45) is 0. The number of rotatable bonds is 2. The molecule has 0 saturated heterocycles. The molecule has 2 rings (SSSR count). The maximum absolute atomic E-state index is 12.9. The third kappa shape index (κ3) is 4.10. The number of para-hydroxylation sites is 1. The molecule has 0 aliphatic heterocycles. The monoisotopic (exact) mass is 274 g/mol. The Balaban J connectivity index is 2.21. The number of thioether (sulfide) groups is 1. The van der Waals surface area contributed by atoms with Crippen molar-refractivity contribution in [2.75, 3.05) is 14.1 Å². The van der Waals surface area contributed by atoms with E-state index in [1.54, 1.807) is 12.1 Å². The van der Waals surface area contributed by atoms with E-state index in [9.17, 15) is 4.39 Å². The smallest absolute Gasteiger partial charge is 0.168 e. The van der Waals surface area contributed by atoms with E-state index in [2.05, 4.69) is 4.99 Å². The molecule has 0 spiro atoms. The molecule has 0 radical (unpaired) electrons. The molecule has 0 unspecified atom stereocenters. The van der Waals surface area contributed by atoms with E-state index in [-0.39, 0.29) is 5.82 Å². The molecule has 0 fully saturated rings. The van der Waals surface area contributed by atoms with Crippen molar-refractivity contribution >= 4 is 22.6 Å². The van der Waals surface area contributed by atoms with Crippen molar-refractivity contribution in [3.05, 3.63) is 60.4 Å². The van der Waals surface area contributed by atoms with E-state index >= 15 is 0 Å². The summed E-state index contributed by atoms with van der Waals surface area (Å²) in [5.41, 5.74) is 0.904. The van der Waals surface area contributed by atoms with Crippen LogP contribution < -0.4 is 0 Å². The van der Waals surface area contributed by atoms with E-state index in [1.807, 2.05) is 49.3 Å². The largest absolute Gasteiger partial charge is 0.357 e. The molecule has 0 atom stereocenters.